The van der Waals surface area contributed by atoms with E-state index < -0.39 is 6.10 Å². The first-order chi connectivity index (χ1) is 7.59. The summed E-state index contributed by atoms with van der Waals surface area (Å²) in [6.07, 6.45) is -0.445. The Morgan fingerprint density at radius 3 is 2.81 bits per heavy atom. The summed E-state index contributed by atoms with van der Waals surface area (Å²) >= 11 is 1.44. The average molecular weight is 240 g/mol. The van der Waals surface area contributed by atoms with Crippen LogP contribution in [0.15, 0.2) is 17.5 Å². The lowest BCUT2D eigenvalue weighted by atomic mass is 10.2. The number of rotatable bonds is 2. The molecule has 0 aliphatic carbocycles. The lowest BCUT2D eigenvalue weighted by molar-refractivity contribution is 0.0768. The molecule has 0 radical (unpaired) electrons. The molecule has 0 bridgehead atoms. The minimum Gasteiger partial charge on any atom is -0.390 e. The van der Waals surface area contributed by atoms with Gasteiger partial charge in [0.25, 0.3) is 5.91 Å². The van der Waals surface area contributed by atoms with E-state index in [1.165, 1.54) is 11.3 Å². The molecule has 1 aromatic heterocycles. The van der Waals surface area contributed by atoms with Gasteiger partial charge in [0, 0.05) is 13.1 Å². The molecule has 16 heavy (non-hydrogen) atoms. The van der Waals surface area contributed by atoms with Crippen LogP contribution < -0.4 is 0 Å². The molecular weight excluding hydrogens is 224 g/mol. The van der Waals surface area contributed by atoms with Gasteiger partial charge in [-0.1, -0.05) is 6.07 Å². The van der Waals surface area contributed by atoms with Crippen LogP contribution in [0, 0.1) is 0 Å². The minimum absolute atomic E-state index is 0.0263. The van der Waals surface area contributed by atoms with Gasteiger partial charge in [0.1, 0.15) is 0 Å². The Morgan fingerprint density at radius 2 is 2.31 bits per heavy atom. The second-order valence-electron chi connectivity index (χ2n) is 4.29. The third-order valence-corrected chi connectivity index (χ3v) is 3.80. The number of β-amino-alcohol motifs (C(OH)–C–C–N with tert-alkyl or cyclic N) is 1. The molecule has 1 aromatic rings. The van der Waals surface area contributed by atoms with E-state index in [0.717, 1.165) is 4.88 Å². The molecule has 1 amide bonds. The zero-order valence-corrected chi connectivity index (χ0v) is 10.3. The van der Waals surface area contributed by atoms with Gasteiger partial charge in [-0.25, -0.2) is 0 Å². The highest BCUT2D eigenvalue weighted by Crippen LogP contribution is 2.19. The molecule has 0 unspecified atom stereocenters. The van der Waals surface area contributed by atoms with Crippen molar-refractivity contribution in [1.82, 2.24) is 9.80 Å². The smallest absolute Gasteiger partial charge is 0.264 e. The minimum atomic E-state index is -0.445. The second-order valence-corrected chi connectivity index (χ2v) is 5.23. The number of hydrogen-bond donors (Lipinski definition) is 1. The first-order valence-electron chi connectivity index (χ1n) is 5.27. The van der Waals surface area contributed by atoms with Crippen molar-refractivity contribution in [1.29, 1.82) is 0 Å². The summed E-state index contributed by atoms with van der Waals surface area (Å²) in [5.74, 6) is 0.0263. The van der Waals surface area contributed by atoms with E-state index >= 15 is 0 Å². The molecule has 4 nitrogen and oxygen atoms in total. The highest BCUT2D eigenvalue weighted by Gasteiger charge is 2.35. The number of carbonyl (C=O) groups excluding carboxylic acids is 1. The highest BCUT2D eigenvalue weighted by molar-refractivity contribution is 7.12. The van der Waals surface area contributed by atoms with E-state index in [2.05, 4.69) is 0 Å². The van der Waals surface area contributed by atoms with Gasteiger partial charge in [-0.05, 0) is 25.5 Å². The Balaban J connectivity index is 2.06. The van der Waals surface area contributed by atoms with E-state index in [-0.39, 0.29) is 11.9 Å². The van der Waals surface area contributed by atoms with Gasteiger partial charge < -0.3 is 14.9 Å². The number of carbonyl (C=O) groups is 1. The number of nitrogens with zero attached hydrogens (tertiary/aromatic N) is 2. The molecule has 0 spiro atoms. The van der Waals surface area contributed by atoms with E-state index in [4.69, 9.17) is 0 Å². The molecule has 2 atom stereocenters. The van der Waals surface area contributed by atoms with Crippen molar-refractivity contribution in [3.8, 4) is 0 Å². The largest absolute Gasteiger partial charge is 0.390 e. The van der Waals surface area contributed by atoms with Gasteiger partial charge in [-0.3, -0.25) is 4.79 Å². The zero-order chi connectivity index (χ0) is 11.7. The summed E-state index contributed by atoms with van der Waals surface area (Å²) < 4.78 is 0. The Bertz CT molecular complexity index is 364. The van der Waals surface area contributed by atoms with E-state index in [1.54, 1.807) is 4.90 Å². The van der Waals surface area contributed by atoms with Gasteiger partial charge in [0.05, 0.1) is 17.0 Å². The lowest BCUT2D eigenvalue weighted by Crippen LogP contribution is -2.38. The maximum absolute atomic E-state index is 12.0. The molecule has 1 saturated heterocycles. The van der Waals surface area contributed by atoms with Gasteiger partial charge in [0.2, 0.25) is 0 Å². The number of aliphatic hydroxyl groups excluding tert-OH is 1. The Morgan fingerprint density at radius 1 is 1.56 bits per heavy atom. The summed E-state index contributed by atoms with van der Waals surface area (Å²) in [5.41, 5.74) is 0. The number of amides is 1. The molecule has 2 rings (SSSR count). The molecule has 88 valence electrons. The van der Waals surface area contributed by atoms with Crippen molar-refractivity contribution in [3.05, 3.63) is 22.4 Å². The normalized spacial score (nSPS) is 25.4. The summed E-state index contributed by atoms with van der Waals surface area (Å²) in [4.78, 5) is 16.5. The molecule has 1 aliphatic rings. The van der Waals surface area contributed by atoms with Crippen LogP contribution in [0.3, 0.4) is 0 Å². The SMILES string of the molecule is CN(C)[C@H]1CN(C(=O)c2cccs2)C[C@@H]1O. The second kappa shape index (κ2) is 4.53. The van der Waals surface area contributed by atoms with E-state index in [0.29, 0.717) is 13.1 Å². The topological polar surface area (TPSA) is 43.8 Å². The monoisotopic (exact) mass is 240 g/mol. The van der Waals surface area contributed by atoms with Gasteiger partial charge in [-0.15, -0.1) is 11.3 Å². The van der Waals surface area contributed by atoms with Gasteiger partial charge in [-0.2, -0.15) is 0 Å². The van der Waals surface area contributed by atoms with Gasteiger partial charge in [0.15, 0.2) is 0 Å². The molecule has 1 aliphatic heterocycles. The number of hydrogen-bond acceptors (Lipinski definition) is 4. The number of likely N-dealkylation sites (N-methyl/N-ethyl adjacent to an activating group) is 1. The van der Waals surface area contributed by atoms with Crippen LogP contribution >= 0.6 is 11.3 Å². The average Bonchev–Trinajstić information content (AvgIpc) is 2.84. The van der Waals surface area contributed by atoms with E-state index in [9.17, 15) is 9.90 Å². The quantitative estimate of drug-likeness (QED) is 0.818. The first kappa shape index (κ1) is 11.6. The summed E-state index contributed by atoms with van der Waals surface area (Å²) in [6.45, 7) is 1.03. The zero-order valence-electron chi connectivity index (χ0n) is 9.46. The van der Waals surface area contributed by atoms with Crippen LogP contribution in [0.25, 0.3) is 0 Å². The predicted octanol–water partition coefficient (Wildman–Crippen LogP) is 0.495. The van der Waals surface area contributed by atoms with Crippen LogP contribution in [-0.4, -0.2) is 60.1 Å². The van der Waals surface area contributed by atoms with Crippen molar-refractivity contribution in [2.75, 3.05) is 27.2 Å². The highest BCUT2D eigenvalue weighted by atomic mass is 32.1. The summed E-state index contributed by atoms with van der Waals surface area (Å²) in [5, 5.41) is 11.7. The van der Waals surface area contributed by atoms with Crippen molar-refractivity contribution in [3.63, 3.8) is 0 Å². The molecule has 5 heteroatoms. The maximum Gasteiger partial charge on any atom is 0.264 e. The standard InChI is InChI=1S/C11H16N2O2S/c1-12(2)8-6-13(7-9(8)14)11(15)10-4-3-5-16-10/h3-5,8-9,14H,6-7H2,1-2H3/t8-,9-/m0/s1. The molecule has 1 fully saturated rings. The Labute approximate surface area is 99.1 Å². The molecular formula is C11H16N2O2S. The number of aliphatic hydroxyl groups is 1. The van der Waals surface area contributed by atoms with Crippen LogP contribution in [0.2, 0.25) is 0 Å². The van der Waals surface area contributed by atoms with Crippen molar-refractivity contribution in [2.24, 2.45) is 0 Å². The fourth-order valence-corrected chi connectivity index (χ4v) is 2.69. The fourth-order valence-electron chi connectivity index (χ4n) is 2.00. The molecule has 0 aromatic carbocycles. The van der Waals surface area contributed by atoms with Crippen LogP contribution in [0.4, 0.5) is 0 Å². The summed E-state index contributed by atoms with van der Waals surface area (Å²) in [7, 11) is 3.85. The molecule has 0 saturated carbocycles. The maximum atomic E-state index is 12.0. The van der Waals surface area contributed by atoms with Gasteiger partial charge >= 0.3 is 0 Å². The Kier molecular flexibility index (Phi) is 3.28. The fraction of sp³-hybridized carbons (Fsp3) is 0.545. The van der Waals surface area contributed by atoms with Crippen LogP contribution in [-0.2, 0) is 0 Å². The predicted molar refractivity (Wildman–Crippen MR) is 63.7 cm³/mol. The molecule has 1 N–H and O–H groups in total. The number of likely N-dealkylation sites (tertiary alicyclic amines) is 1. The Hall–Kier alpha value is -0.910. The van der Waals surface area contributed by atoms with E-state index in [1.807, 2.05) is 36.5 Å². The third kappa shape index (κ3) is 2.11. The summed E-state index contributed by atoms with van der Waals surface area (Å²) in [6, 6.07) is 3.74. The van der Waals surface area contributed by atoms with Crippen molar-refractivity contribution < 1.29 is 9.90 Å². The first-order valence-corrected chi connectivity index (χ1v) is 6.15. The van der Waals surface area contributed by atoms with Crippen molar-refractivity contribution in [2.45, 2.75) is 12.1 Å². The van der Waals surface area contributed by atoms with Crippen molar-refractivity contribution >= 4 is 17.2 Å². The molecule has 2 heterocycles. The van der Waals surface area contributed by atoms with Crippen LogP contribution in [0.5, 0.6) is 0 Å². The number of thiophene rings is 1. The lowest BCUT2D eigenvalue weighted by Gasteiger charge is -2.21. The third-order valence-electron chi connectivity index (χ3n) is 2.94. The van der Waals surface area contributed by atoms with Crippen LogP contribution in [0.1, 0.15) is 9.67 Å².